The molecule has 0 spiro atoms. The smallest absolute Gasteiger partial charge is 0.164 e. The first kappa shape index (κ1) is 13.6. The lowest BCUT2D eigenvalue weighted by molar-refractivity contribution is 0.0980. The summed E-state index contributed by atoms with van der Waals surface area (Å²) in [4.78, 5) is 13.2. The molecule has 1 aliphatic heterocycles. The Morgan fingerprint density at radius 3 is 3.00 bits per heavy atom. The van der Waals surface area contributed by atoms with Gasteiger partial charge in [-0.2, -0.15) is 0 Å². The lowest BCUT2D eigenvalue weighted by atomic mass is 9.91. The third-order valence-electron chi connectivity index (χ3n) is 3.59. The lowest BCUT2D eigenvalue weighted by Gasteiger charge is -2.16. The van der Waals surface area contributed by atoms with Gasteiger partial charge < -0.3 is 5.73 Å². The molecule has 3 heteroatoms. The zero-order valence-electron chi connectivity index (χ0n) is 10.9. The molecule has 1 atom stereocenters. The minimum Gasteiger partial charge on any atom is -0.330 e. The molecule has 2 rings (SSSR count). The van der Waals surface area contributed by atoms with E-state index in [2.05, 4.69) is 25.1 Å². The van der Waals surface area contributed by atoms with Crippen molar-refractivity contribution < 1.29 is 4.79 Å². The molecule has 0 fully saturated rings. The number of Topliss-reactive ketones (excluding diaryl/α,β-unsaturated/α-hetero) is 1. The molecule has 18 heavy (non-hydrogen) atoms. The fourth-order valence-corrected chi connectivity index (χ4v) is 3.50. The fourth-order valence-electron chi connectivity index (χ4n) is 2.50. The molecule has 0 bridgehead atoms. The molecule has 1 heterocycles. The van der Waals surface area contributed by atoms with Crippen molar-refractivity contribution in [2.45, 2.75) is 43.4 Å². The van der Waals surface area contributed by atoms with Crippen molar-refractivity contribution in [3.05, 3.63) is 29.3 Å². The summed E-state index contributed by atoms with van der Waals surface area (Å²) in [6, 6.07) is 6.41. The van der Waals surface area contributed by atoms with E-state index in [4.69, 9.17) is 5.73 Å². The third kappa shape index (κ3) is 2.96. The quantitative estimate of drug-likeness (QED) is 0.902. The highest BCUT2D eigenvalue weighted by Crippen LogP contribution is 2.32. The van der Waals surface area contributed by atoms with Crippen LogP contribution in [0.25, 0.3) is 0 Å². The number of rotatable bonds is 4. The lowest BCUT2D eigenvalue weighted by Crippen LogP contribution is -2.08. The Morgan fingerprint density at radius 1 is 1.44 bits per heavy atom. The molecular formula is C15H21NOS. The average Bonchev–Trinajstić information content (AvgIpc) is 2.58. The molecule has 0 saturated heterocycles. The second-order valence-corrected chi connectivity index (χ2v) is 5.95. The molecule has 0 saturated carbocycles. The summed E-state index contributed by atoms with van der Waals surface area (Å²) in [5.41, 5.74) is 7.87. The Hall–Kier alpha value is -0.800. The summed E-state index contributed by atoms with van der Waals surface area (Å²) in [6.07, 6.45) is 3.76. The predicted molar refractivity (Wildman–Crippen MR) is 77.4 cm³/mol. The van der Waals surface area contributed by atoms with Gasteiger partial charge in [-0.15, -0.1) is 11.8 Å². The van der Waals surface area contributed by atoms with Gasteiger partial charge in [0.15, 0.2) is 5.78 Å². The van der Waals surface area contributed by atoms with Gasteiger partial charge in [0.05, 0.1) is 0 Å². The van der Waals surface area contributed by atoms with Crippen molar-refractivity contribution in [3.63, 3.8) is 0 Å². The molecular weight excluding hydrogens is 242 g/mol. The second kappa shape index (κ2) is 6.39. The van der Waals surface area contributed by atoms with Gasteiger partial charge in [0, 0.05) is 16.9 Å². The number of fused-ring (bicyclic) bond motifs is 1. The summed E-state index contributed by atoms with van der Waals surface area (Å²) < 4.78 is 0. The van der Waals surface area contributed by atoms with Crippen LogP contribution in [0.5, 0.6) is 0 Å². The van der Waals surface area contributed by atoms with Crippen LogP contribution >= 0.6 is 11.8 Å². The molecule has 2 N–H and O–H groups in total. The van der Waals surface area contributed by atoms with Gasteiger partial charge in [-0.1, -0.05) is 13.0 Å². The predicted octanol–water partition coefficient (Wildman–Crippen LogP) is 3.60. The molecule has 98 valence electrons. The summed E-state index contributed by atoms with van der Waals surface area (Å²) in [7, 11) is 0. The second-order valence-electron chi connectivity index (χ2n) is 4.81. The molecule has 2 nitrogen and oxygen atoms in total. The largest absolute Gasteiger partial charge is 0.330 e. The van der Waals surface area contributed by atoms with Crippen molar-refractivity contribution in [3.8, 4) is 0 Å². The minimum absolute atomic E-state index is 0.305. The Balaban J connectivity index is 2.32. The van der Waals surface area contributed by atoms with E-state index in [0.717, 1.165) is 35.5 Å². The van der Waals surface area contributed by atoms with Crippen LogP contribution in [0.4, 0.5) is 0 Å². The Labute approximate surface area is 113 Å². The summed E-state index contributed by atoms with van der Waals surface area (Å²) in [6.45, 7) is 2.89. The molecule has 1 aromatic carbocycles. The van der Waals surface area contributed by atoms with E-state index >= 15 is 0 Å². The van der Waals surface area contributed by atoms with Crippen LogP contribution in [-0.2, 0) is 0 Å². The molecule has 0 amide bonds. The minimum atomic E-state index is 0.305. The van der Waals surface area contributed by atoms with Gasteiger partial charge in [-0.05, 0) is 55.2 Å². The first-order chi connectivity index (χ1) is 8.76. The number of hydrogen-bond donors (Lipinski definition) is 1. The standard InChI is InChI=1S/C15H21NOS/c1-2-11(7-8-16)12-5-6-15-13(10-12)14(17)4-3-9-18-15/h5-6,10-11H,2-4,7-9,16H2,1H3. The molecule has 1 aromatic rings. The van der Waals surface area contributed by atoms with Crippen LogP contribution in [0.1, 0.15) is 54.4 Å². The van der Waals surface area contributed by atoms with Gasteiger partial charge in [0.25, 0.3) is 0 Å². The van der Waals surface area contributed by atoms with Crippen LogP contribution in [0.15, 0.2) is 23.1 Å². The van der Waals surface area contributed by atoms with E-state index in [1.165, 1.54) is 5.56 Å². The maximum Gasteiger partial charge on any atom is 0.164 e. The number of benzene rings is 1. The number of ketones is 1. The summed E-state index contributed by atoms with van der Waals surface area (Å²) in [5, 5.41) is 0. The Bertz CT molecular complexity index is 431. The van der Waals surface area contributed by atoms with Crippen molar-refractivity contribution in [1.82, 2.24) is 0 Å². The van der Waals surface area contributed by atoms with Gasteiger partial charge in [0.1, 0.15) is 0 Å². The SMILES string of the molecule is CCC(CCN)c1ccc2c(c1)C(=O)CCCS2. The van der Waals surface area contributed by atoms with E-state index in [1.54, 1.807) is 0 Å². The Kier molecular flexibility index (Phi) is 4.84. The molecule has 1 unspecified atom stereocenters. The highest BCUT2D eigenvalue weighted by atomic mass is 32.2. The maximum absolute atomic E-state index is 12.1. The monoisotopic (exact) mass is 263 g/mol. The summed E-state index contributed by atoms with van der Waals surface area (Å²) >= 11 is 1.81. The van der Waals surface area contributed by atoms with Gasteiger partial charge in [0.2, 0.25) is 0 Å². The summed E-state index contributed by atoms with van der Waals surface area (Å²) in [5.74, 6) is 1.85. The number of carbonyl (C=O) groups excluding carboxylic acids is 1. The molecule has 0 radical (unpaired) electrons. The zero-order chi connectivity index (χ0) is 13.0. The molecule has 0 aliphatic carbocycles. The van der Waals surface area contributed by atoms with E-state index in [9.17, 15) is 4.79 Å². The van der Waals surface area contributed by atoms with Crippen LogP contribution in [0.3, 0.4) is 0 Å². The van der Waals surface area contributed by atoms with Crippen LogP contribution in [-0.4, -0.2) is 18.1 Å². The van der Waals surface area contributed by atoms with Gasteiger partial charge in [-0.25, -0.2) is 0 Å². The van der Waals surface area contributed by atoms with E-state index in [0.29, 0.717) is 24.7 Å². The van der Waals surface area contributed by atoms with Gasteiger partial charge >= 0.3 is 0 Å². The van der Waals surface area contributed by atoms with Gasteiger partial charge in [-0.3, -0.25) is 4.79 Å². The van der Waals surface area contributed by atoms with E-state index in [-0.39, 0.29) is 0 Å². The zero-order valence-corrected chi connectivity index (χ0v) is 11.8. The first-order valence-electron chi connectivity index (χ1n) is 6.76. The van der Waals surface area contributed by atoms with Crippen molar-refractivity contribution >= 4 is 17.5 Å². The number of thioether (sulfide) groups is 1. The molecule has 0 aromatic heterocycles. The van der Waals surface area contributed by atoms with E-state index < -0.39 is 0 Å². The van der Waals surface area contributed by atoms with Crippen LogP contribution in [0.2, 0.25) is 0 Å². The van der Waals surface area contributed by atoms with Crippen LogP contribution < -0.4 is 5.73 Å². The number of nitrogens with two attached hydrogens (primary N) is 1. The third-order valence-corrected chi connectivity index (χ3v) is 4.75. The topological polar surface area (TPSA) is 43.1 Å². The highest BCUT2D eigenvalue weighted by Gasteiger charge is 2.18. The fraction of sp³-hybridized carbons (Fsp3) is 0.533. The number of carbonyl (C=O) groups is 1. The average molecular weight is 263 g/mol. The highest BCUT2D eigenvalue weighted by molar-refractivity contribution is 7.99. The maximum atomic E-state index is 12.1. The Morgan fingerprint density at radius 2 is 2.28 bits per heavy atom. The first-order valence-corrected chi connectivity index (χ1v) is 7.74. The number of hydrogen-bond acceptors (Lipinski definition) is 3. The van der Waals surface area contributed by atoms with Crippen LogP contribution in [0, 0.1) is 0 Å². The normalized spacial score (nSPS) is 17.1. The molecule has 1 aliphatic rings. The van der Waals surface area contributed by atoms with Crippen molar-refractivity contribution in [1.29, 1.82) is 0 Å². The van der Waals surface area contributed by atoms with Crippen molar-refractivity contribution in [2.24, 2.45) is 5.73 Å². The van der Waals surface area contributed by atoms with E-state index in [1.807, 2.05) is 11.8 Å². The van der Waals surface area contributed by atoms with Crippen molar-refractivity contribution in [2.75, 3.05) is 12.3 Å².